The highest BCUT2D eigenvalue weighted by atomic mass is 15.1. The van der Waals surface area contributed by atoms with E-state index in [2.05, 4.69) is 30.3 Å². The monoisotopic (exact) mass is 181 g/mol. The molecule has 13 heavy (non-hydrogen) atoms. The normalized spacial score (nSPS) is 13.6. The van der Waals surface area contributed by atoms with Crippen LogP contribution in [0, 0.1) is 12.8 Å². The summed E-state index contributed by atoms with van der Waals surface area (Å²) in [5, 5.41) is 0. The molecular formula is C10H19N3. The molecule has 0 aromatic carbocycles. The van der Waals surface area contributed by atoms with Crippen LogP contribution in [0.2, 0.25) is 0 Å². The van der Waals surface area contributed by atoms with Crippen LogP contribution in [0.15, 0.2) is 12.5 Å². The van der Waals surface area contributed by atoms with Gasteiger partial charge in [0.15, 0.2) is 0 Å². The van der Waals surface area contributed by atoms with E-state index in [4.69, 9.17) is 5.73 Å². The number of aryl methyl sites for hydroxylation is 1. The molecule has 0 aliphatic heterocycles. The predicted octanol–water partition coefficient (Wildman–Crippen LogP) is 1.74. The zero-order chi connectivity index (χ0) is 9.84. The molecule has 0 fully saturated rings. The van der Waals surface area contributed by atoms with E-state index in [0.29, 0.717) is 18.5 Å². The molecule has 1 aromatic rings. The molecule has 1 aromatic heterocycles. The largest absolute Gasteiger partial charge is 0.331 e. The lowest BCUT2D eigenvalue weighted by molar-refractivity contribution is 0.402. The minimum Gasteiger partial charge on any atom is -0.331 e. The lowest BCUT2D eigenvalue weighted by atomic mass is 10.0. The molecule has 1 heterocycles. The molecule has 0 saturated carbocycles. The fourth-order valence-electron chi connectivity index (χ4n) is 1.62. The highest BCUT2D eigenvalue weighted by molar-refractivity contribution is 4.97. The van der Waals surface area contributed by atoms with Gasteiger partial charge in [0, 0.05) is 24.5 Å². The topological polar surface area (TPSA) is 43.8 Å². The van der Waals surface area contributed by atoms with Crippen LogP contribution in [0.1, 0.15) is 32.0 Å². The maximum atomic E-state index is 5.73. The Balaban J connectivity index is 2.72. The van der Waals surface area contributed by atoms with Crippen LogP contribution in [0.4, 0.5) is 0 Å². The quantitative estimate of drug-likeness (QED) is 0.769. The molecule has 1 atom stereocenters. The van der Waals surface area contributed by atoms with Gasteiger partial charge >= 0.3 is 0 Å². The SMILES string of the molecule is Cc1cncn1C(CN)CC(C)C. The number of rotatable bonds is 4. The highest BCUT2D eigenvalue weighted by Crippen LogP contribution is 2.17. The third-order valence-corrected chi connectivity index (χ3v) is 2.27. The number of imidazole rings is 1. The Kier molecular flexibility index (Phi) is 3.48. The molecule has 0 spiro atoms. The average molecular weight is 181 g/mol. The minimum absolute atomic E-state index is 0.405. The Labute approximate surface area is 80.0 Å². The molecule has 1 unspecified atom stereocenters. The van der Waals surface area contributed by atoms with Crippen LogP contribution in [-0.2, 0) is 0 Å². The summed E-state index contributed by atoms with van der Waals surface area (Å²) in [7, 11) is 0. The zero-order valence-corrected chi connectivity index (χ0v) is 8.70. The Hall–Kier alpha value is -0.830. The van der Waals surface area contributed by atoms with Gasteiger partial charge in [0.2, 0.25) is 0 Å². The van der Waals surface area contributed by atoms with Gasteiger partial charge in [-0.05, 0) is 19.3 Å². The van der Waals surface area contributed by atoms with Crippen molar-refractivity contribution >= 4 is 0 Å². The third-order valence-electron chi connectivity index (χ3n) is 2.27. The number of nitrogens with zero attached hydrogens (tertiary/aromatic N) is 2. The molecule has 3 nitrogen and oxygen atoms in total. The Morgan fingerprint density at radius 2 is 2.23 bits per heavy atom. The van der Waals surface area contributed by atoms with Gasteiger partial charge in [-0.3, -0.25) is 0 Å². The lowest BCUT2D eigenvalue weighted by Gasteiger charge is -2.19. The minimum atomic E-state index is 0.405. The Bertz CT molecular complexity index is 252. The first-order chi connectivity index (χ1) is 6.15. The summed E-state index contributed by atoms with van der Waals surface area (Å²) in [6.45, 7) is 7.19. The van der Waals surface area contributed by atoms with Crippen molar-refractivity contribution in [2.24, 2.45) is 11.7 Å². The highest BCUT2D eigenvalue weighted by Gasteiger charge is 2.11. The number of hydrogen-bond acceptors (Lipinski definition) is 2. The van der Waals surface area contributed by atoms with Gasteiger partial charge in [0.1, 0.15) is 0 Å². The molecular weight excluding hydrogens is 162 g/mol. The lowest BCUT2D eigenvalue weighted by Crippen LogP contribution is -2.21. The van der Waals surface area contributed by atoms with Gasteiger partial charge in [-0.15, -0.1) is 0 Å². The van der Waals surface area contributed by atoms with E-state index in [0.717, 1.165) is 6.42 Å². The smallest absolute Gasteiger partial charge is 0.0951 e. The first-order valence-electron chi connectivity index (χ1n) is 4.83. The van der Waals surface area contributed by atoms with E-state index in [9.17, 15) is 0 Å². The number of hydrogen-bond donors (Lipinski definition) is 1. The van der Waals surface area contributed by atoms with Crippen molar-refractivity contribution in [1.29, 1.82) is 0 Å². The second-order valence-corrected chi connectivity index (χ2v) is 3.96. The van der Waals surface area contributed by atoms with Crippen molar-refractivity contribution in [2.45, 2.75) is 33.2 Å². The molecule has 74 valence electrons. The fraction of sp³-hybridized carbons (Fsp3) is 0.700. The zero-order valence-electron chi connectivity index (χ0n) is 8.70. The summed E-state index contributed by atoms with van der Waals surface area (Å²) < 4.78 is 2.17. The van der Waals surface area contributed by atoms with Crippen LogP contribution >= 0.6 is 0 Å². The Morgan fingerprint density at radius 1 is 1.54 bits per heavy atom. The summed E-state index contributed by atoms with van der Waals surface area (Å²) in [5.74, 6) is 0.676. The average Bonchev–Trinajstić information content (AvgIpc) is 2.47. The van der Waals surface area contributed by atoms with Crippen molar-refractivity contribution in [1.82, 2.24) is 9.55 Å². The summed E-state index contributed by atoms with van der Waals surface area (Å²) in [4.78, 5) is 4.11. The third kappa shape index (κ3) is 2.56. The summed E-state index contributed by atoms with van der Waals surface area (Å²) in [5.41, 5.74) is 6.92. The van der Waals surface area contributed by atoms with Gasteiger partial charge in [0.05, 0.1) is 6.33 Å². The van der Waals surface area contributed by atoms with E-state index < -0.39 is 0 Å². The number of nitrogens with two attached hydrogens (primary N) is 1. The number of aromatic nitrogens is 2. The molecule has 2 N–H and O–H groups in total. The van der Waals surface area contributed by atoms with Crippen LogP contribution in [-0.4, -0.2) is 16.1 Å². The van der Waals surface area contributed by atoms with Crippen LogP contribution in [0.3, 0.4) is 0 Å². The van der Waals surface area contributed by atoms with E-state index in [1.165, 1.54) is 5.69 Å². The summed E-state index contributed by atoms with van der Waals surface area (Å²) in [6.07, 6.45) is 4.87. The maximum Gasteiger partial charge on any atom is 0.0951 e. The van der Waals surface area contributed by atoms with Gasteiger partial charge in [-0.2, -0.15) is 0 Å². The van der Waals surface area contributed by atoms with Gasteiger partial charge in [0.25, 0.3) is 0 Å². The van der Waals surface area contributed by atoms with Crippen molar-refractivity contribution in [2.75, 3.05) is 6.54 Å². The molecule has 1 rings (SSSR count). The van der Waals surface area contributed by atoms with Gasteiger partial charge < -0.3 is 10.3 Å². The standard InChI is InChI=1S/C10H19N3/c1-8(2)4-10(5-11)13-7-12-6-9(13)3/h6-8,10H,4-5,11H2,1-3H3. The van der Waals surface area contributed by atoms with Crippen molar-refractivity contribution in [3.8, 4) is 0 Å². The molecule has 0 aliphatic carbocycles. The van der Waals surface area contributed by atoms with Gasteiger partial charge in [-0.1, -0.05) is 13.8 Å². The first-order valence-corrected chi connectivity index (χ1v) is 4.83. The second kappa shape index (κ2) is 4.42. The first kappa shape index (κ1) is 10.3. The van der Waals surface area contributed by atoms with Crippen molar-refractivity contribution < 1.29 is 0 Å². The van der Waals surface area contributed by atoms with E-state index in [-0.39, 0.29) is 0 Å². The van der Waals surface area contributed by atoms with Gasteiger partial charge in [-0.25, -0.2) is 4.98 Å². The van der Waals surface area contributed by atoms with Crippen LogP contribution < -0.4 is 5.73 Å². The molecule has 0 aliphatic rings. The molecule has 3 heteroatoms. The van der Waals surface area contributed by atoms with Crippen LogP contribution in [0.5, 0.6) is 0 Å². The Morgan fingerprint density at radius 3 is 2.62 bits per heavy atom. The van der Waals surface area contributed by atoms with E-state index in [1.807, 2.05) is 12.5 Å². The van der Waals surface area contributed by atoms with Crippen LogP contribution in [0.25, 0.3) is 0 Å². The summed E-state index contributed by atoms with van der Waals surface area (Å²) in [6, 6.07) is 0.405. The maximum absolute atomic E-state index is 5.73. The van der Waals surface area contributed by atoms with E-state index in [1.54, 1.807) is 0 Å². The van der Waals surface area contributed by atoms with E-state index >= 15 is 0 Å². The molecule has 0 saturated heterocycles. The molecule has 0 bridgehead atoms. The molecule has 0 radical (unpaired) electrons. The summed E-state index contributed by atoms with van der Waals surface area (Å²) >= 11 is 0. The van der Waals surface area contributed by atoms with Crippen molar-refractivity contribution in [3.63, 3.8) is 0 Å². The van der Waals surface area contributed by atoms with Crippen molar-refractivity contribution in [3.05, 3.63) is 18.2 Å². The molecule has 0 amide bonds. The second-order valence-electron chi connectivity index (χ2n) is 3.96. The predicted molar refractivity (Wildman–Crippen MR) is 54.5 cm³/mol. The fourth-order valence-corrected chi connectivity index (χ4v) is 1.62.